The van der Waals surface area contributed by atoms with Crippen molar-refractivity contribution < 1.29 is 10.0 Å². The molecule has 2 aromatic rings. The summed E-state index contributed by atoms with van der Waals surface area (Å²) in [5, 5.41) is 21.2. The normalized spacial score (nSPS) is 13.8. The van der Waals surface area contributed by atoms with Crippen LogP contribution >= 0.6 is 0 Å². The van der Waals surface area contributed by atoms with E-state index in [9.17, 15) is 10.0 Å². The number of rotatable bonds is 3. The smallest absolute Gasteiger partial charge is 0.423 e. The third-order valence-electron chi connectivity index (χ3n) is 4.47. The molecule has 112 valence electrons. The van der Waals surface area contributed by atoms with E-state index >= 15 is 0 Å². The summed E-state index contributed by atoms with van der Waals surface area (Å²) in [5.74, 6) is 0. The van der Waals surface area contributed by atoms with Gasteiger partial charge in [0.2, 0.25) is 0 Å². The van der Waals surface area contributed by atoms with Crippen LogP contribution in [-0.2, 0) is 6.42 Å². The average molecular weight is 292 g/mol. The lowest BCUT2D eigenvalue weighted by molar-refractivity contribution is 0.426. The second-order valence-electron chi connectivity index (χ2n) is 5.86. The van der Waals surface area contributed by atoms with Crippen molar-refractivity contribution >= 4 is 35.5 Å². The molecule has 0 spiro atoms. The van der Waals surface area contributed by atoms with Crippen LogP contribution in [0, 0.1) is 6.92 Å². The topological polar surface area (TPSA) is 40.5 Å². The van der Waals surface area contributed by atoms with Crippen LogP contribution in [0.4, 0.5) is 0 Å². The van der Waals surface area contributed by atoms with E-state index in [1.54, 1.807) is 6.07 Å². The van der Waals surface area contributed by atoms with Crippen LogP contribution in [-0.4, -0.2) is 17.2 Å². The molecule has 0 aromatic heterocycles. The quantitative estimate of drug-likeness (QED) is 0.853. The zero-order valence-corrected chi connectivity index (χ0v) is 13.1. The van der Waals surface area contributed by atoms with Crippen LogP contribution in [0.25, 0.3) is 22.9 Å². The first-order chi connectivity index (χ1) is 10.6. The fourth-order valence-electron chi connectivity index (χ4n) is 3.30. The average Bonchev–Trinajstić information content (AvgIpc) is 2.54. The largest absolute Gasteiger partial charge is 0.488 e. The molecule has 2 N–H and O–H groups in total. The van der Waals surface area contributed by atoms with Crippen molar-refractivity contribution in [3.05, 3.63) is 52.6 Å². The molecule has 3 heteroatoms. The van der Waals surface area contributed by atoms with Crippen molar-refractivity contribution in [2.24, 2.45) is 0 Å². The lowest BCUT2D eigenvalue weighted by Gasteiger charge is -2.20. The first-order valence-electron chi connectivity index (χ1n) is 7.91. The monoisotopic (exact) mass is 292 g/mol. The van der Waals surface area contributed by atoms with Crippen molar-refractivity contribution in [2.45, 2.75) is 33.1 Å². The van der Waals surface area contributed by atoms with Gasteiger partial charge in [-0.3, -0.25) is 0 Å². The molecule has 2 aromatic carbocycles. The van der Waals surface area contributed by atoms with Crippen LogP contribution in [0.3, 0.4) is 0 Å². The zero-order valence-electron chi connectivity index (χ0n) is 13.1. The van der Waals surface area contributed by atoms with E-state index in [0.717, 1.165) is 24.6 Å². The van der Waals surface area contributed by atoms with Crippen molar-refractivity contribution in [3.63, 3.8) is 0 Å². The molecule has 2 nitrogen and oxygen atoms in total. The summed E-state index contributed by atoms with van der Waals surface area (Å²) in [6.07, 6.45) is 11.9. The summed E-state index contributed by atoms with van der Waals surface area (Å²) in [6.45, 7) is 4.30. The molecule has 1 aliphatic carbocycles. The molecule has 0 fully saturated rings. The first kappa shape index (κ1) is 15.1. The molecular formula is C19H21BO2. The summed E-state index contributed by atoms with van der Waals surface area (Å²) < 4.78 is 0. The van der Waals surface area contributed by atoms with Crippen LogP contribution in [0.15, 0.2) is 30.4 Å². The molecule has 1 aliphatic rings. The van der Waals surface area contributed by atoms with Gasteiger partial charge in [0.1, 0.15) is 0 Å². The number of benzene rings is 2. The Morgan fingerprint density at radius 3 is 2.77 bits per heavy atom. The Morgan fingerprint density at radius 1 is 1.23 bits per heavy atom. The second kappa shape index (κ2) is 6.11. The van der Waals surface area contributed by atoms with Crippen molar-refractivity contribution in [3.8, 4) is 0 Å². The Labute approximate surface area is 131 Å². The summed E-state index contributed by atoms with van der Waals surface area (Å²) in [4.78, 5) is 0. The molecule has 0 amide bonds. The van der Waals surface area contributed by atoms with Crippen LogP contribution < -0.4 is 5.46 Å². The van der Waals surface area contributed by atoms with E-state index in [2.05, 4.69) is 38.2 Å². The molecule has 22 heavy (non-hydrogen) atoms. The summed E-state index contributed by atoms with van der Waals surface area (Å²) >= 11 is 0. The van der Waals surface area contributed by atoms with E-state index < -0.39 is 7.12 Å². The lowest BCUT2D eigenvalue weighted by Crippen LogP contribution is -2.29. The van der Waals surface area contributed by atoms with Crippen LogP contribution in [0.5, 0.6) is 0 Å². The minimum absolute atomic E-state index is 0.540. The highest BCUT2D eigenvalue weighted by Gasteiger charge is 2.18. The number of hydrogen-bond donors (Lipinski definition) is 2. The second-order valence-corrected chi connectivity index (χ2v) is 5.86. The summed E-state index contributed by atoms with van der Waals surface area (Å²) in [6, 6.07) is 5.73. The number of allylic oxidation sites excluding steroid dienone is 2. The van der Waals surface area contributed by atoms with E-state index in [1.807, 2.05) is 12.1 Å². The van der Waals surface area contributed by atoms with Crippen LogP contribution in [0.1, 0.15) is 42.0 Å². The Balaban J connectivity index is 2.38. The number of hydrogen-bond acceptors (Lipinski definition) is 2. The van der Waals surface area contributed by atoms with Crippen molar-refractivity contribution in [1.29, 1.82) is 0 Å². The third kappa shape index (κ3) is 2.51. The van der Waals surface area contributed by atoms with Gasteiger partial charge in [-0.15, -0.1) is 0 Å². The van der Waals surface area contributed by atoms with Gasteiger partial charge in [0.25, 0.3) is 0 Å². The van der Waals surface area contributed by atoms with Gasteiger partial charge in [0.15, 0.2) is 0 Å². The van der Waals surface area contributed by atoms with E-state index in [4.69, 9.17) is 0 Å². The molecular weight excluding hydrogens is 271 g/mol. The Kier molecular flexibility index (Phi) is 4.19. The van der Waals surface area contributed by atoms with Gasteiger partial charge >= 0.3 is 7.12 Å². The molecule has 0 radical (unpaired) electrons. The van der Waals surface area contributed by atoms with E-state index in [-0.39, 0.29) is 0 Å². The third-order valence-corrected chi connectivity index (χ3v) is 4.47. The Morgan fingerprint density at radius 2 is 2.05 bits per heavy atom. The fourth-order valence-corrected chi connectivity index (χ4v) is 3.30. The molecule has 0 bridgehead atoms. The maximum Gasteiger partial charge on any atom is 0.488 e. The molecule has 0 unspecified atom stereocenters. The molecule has 0 saturated carbocycles. The van der Waals surface area contributed by atoms with Gasteiger partial charge < -0.3 is 10.0 Å². The number of fused-ring (bicyclic) bond motifs is 3. The van der Waals surface area contributed by atoms with E-state index in [1.165, 1.54) is 27.6 Å². The van der Waals surface area contributed by atoms with Gasteiger partial charge in [0, 0.05) is 0 Å². The van der Waals surface area contributed by atoms with Gasteiger partial charge in [-0.25, -0.2) is 0 Å². The summed E-state index contributed by atoms with van der Waals surface area (Å²) in [7, 11) is -1.43. The molecule has 0 atom stereocenters. The van der Waals surface area contributed by atoms with E-state index in [0.29, 0.717) is 5.46 Å². The van der Waals surface area contributed by atoms with Gasteiger partial charge in [-0.1, -0.05) is 49.4 Å². The molecule has 3 rings (SSSR count). The molecule has 0 aliphatic heterocycles. The maximum atomic E-state index is 9.48. The predicted molar refractivity (Wildman–Crippen MR) is 95.2 cm³/mol. The lowest BCUT2D eigenvalue weighted by atomic mass is 9.77. The minimum Gasteiger partial charge on any atom is -0.423 e. The standard InChI is InChI=1S/C19H21BO2/c1-3-4-7-16-13(2)15-8-5-6-9-17(15)18-11-10-14(20(21)22)12-19(16)18/h4,6-7,9-12,21-22H,3,5,8H2,1-2H3/b7-4-. The fraction of sp³-hybridized carbons (Fsp3) is 0.263. The van der Waals surface area contributed by atoms with Gasteiger partial charge in [-0.2, -0.15) is 0 Å². The predicted octanol–water partition coefficient (Wildman–Crippen LogP) is 3.21. The van der Waals surface area contributed by atoms with Gasteiger partial charge in [-0.05, 0) is 64.7 Å². The van der Waals surface area contributed by atoms with Gasteiger partial charge in [0.05, 0.1) is 0 Å². The zero-order chi connectivity index (χ0) is 15.7. The highest BCUT2D eigenvalue weighted by Crippen LogP contribution is 2.34. The Hall–Kier alpha value is -1.84. The highest BCUT2D eigenvalue weighted by molar-refractivity contribution is 6.59. The maximum absolute atomic E-state index is 9.48. The van der Waals surface area contributed by atoms with Crippen molar-refractivity contribution in [1.82, 2.24) is 0 Å². The molecule has 0 saturated heterocycles. The minimum atomic E-state index is -1.43. The Bertz CT molecular complexity index is 773. The molecule has 0 heterocycles. The first-order valence-corrected chi connectivity index (χ1v) is 7.91. The van der Waals surface area contributed by atoms with Crippen LogP contribution in [0.2, 0.25) is 0 Å². The highest BCUT2D eigenvalue weighted by atomic mass is 16.4. The van der Waals surface area contributed by atoms with Crippen molar-refractivity contribution in [2.75, 3.05) is 0 Å². The summed E-state index contributed by atoms with van der Waals surface area (Å²) in [5.41, 5.74) is 5.75. The SMILES string of the molecule is CC/C=C\c1c(C)c2c(c3ccc(B(O)O)cc13)C=CCC2.